The summed E-state index contributed by atoms with van der Waals surface area (Å²) in [6.07, 6.45) is 3.99. The number of hydrogen-bond donors (Lipinski definition) is 5. The van der Waals surface area contributed by atoms with Crippen molar-refractivity contribution in [1.29, 1.82) is 0 Å². The van der Waals surface area contributed by atoms with Crippen LogP contribution >= 0.6 is 0 Å². The third kappa shape index (κ3) is 5.73. The number of rotatable bonds is 7. The Morgan fingerprint density at radius 1 is 1.00 bits per heavy atom. The minimum atomic E-state index is -1.01. The summed E-state index contributed by atoms with van der Waals surface area (Å²) < 4.78 is 0. The summed E-state index contributed by atoms with van der Waals surface area (Å²) in [4.78, 5) is 23.8. The zero-order valence-corrected chi connectivity index (χ0v) is 20.3. The number of nitrogens with one attached hydrogen (secondary N) is 3. The zero-order valence-electron chi connectivity index (χ0n) is 20.3. The van der Waals surface area contributed by atoms with E-state index in [1.165, 1.54) is 30.3 Å². The third-order valence-electron chi connectivity index (χ3n) is 7.83. The fourth-order valence-electron chi connectivity index (χ4n) is 5.24. The highest BCUT2D eigenvalue weighted by Crippen LogP contribution is 2.59. The van der Waals surface area contributed by atoms with E-state index in [-0.39, 0.29) is 6.54 Å². The molecule has 35 heavy (non-hydrogen) atoms. The van der Waals surface area contributed by atoms with Crippen LogP contribution in [0.25, 0.3) is 0 Å². The van der Waals surface area contributed by atoms with Crippen LogP contribution in [0.15, 0.2) is 48.5 Å². The lowest BCUT2D eigenvalue weighted by Gasteiger charge is -2.59. The Morgan fingerprint density at radius 2 is 1.57 bits per heavy atom. The molecule has 184 valence electrons. The second kappa shape index (κ2) is 10.6. The Kier molecular flexibility index (Phi) is 7.56. The highest BCUT2D eigenvalue weighted by molar-refractivity contribution is 5.97. The minimum absolute atomic E-state index is 0.129. The van der Waals surface area contributed by atoms with Gasteiger partial charge in [-0.05, 0) is 78.5 Å². The van der Waals surface area contributed by atoms with E-state index in [1.54, 1.807) is 24.3 Å². The number of hydroxylamine groups is 1. The first-order valence-electron chi connectivity index (χ1n) is 12.2. The predicted octanol–water partition coefficient (Wildman–Crippen LogP) is 2.56. The Labute approximate surface area is 206 Å². The second-order valence-electron chi connectivity index (χ2n) is 10.3. The van der Waals surface area contributed by atoms with Gasteiger partial charge in [-0.25, -0.2) is 5.48 Å². The highest BCUT2D eigenvalue weighted by Gasteiger charge is 2.52. The molecule has 0 heterocycles. The summed E-state index contributed by atoms with van der Waals surface area (Å²) in [6.45, 7) is 5.60. The molecule has 2 unspecified atom stereocenters. The first kappa shape index (κ1) is 24.9. The molecule has 7 heteroatoms. The van der Waals surface area contributed by atoms with Gasteiger partial charge in [0.25, 0.3) is 11.8 Å². The highest BCUT2D eigenvalue weighted by atomic mass is 16.5. The van der Waals surface area contributed by atoms with E-state index in [0.29, 0.717) is 17.0 Å². The van der Waals surface area contributed by atoms with Crippen molar-refractivity contribution in [3.05, 3.63) is 70.8 Å². The van der Waals surface area contributed by atoms with Crippen molar-refractivity contribution < 1.29 is 14.8 Å². The fourth-order valence-corrected chi connectivity index (χ4v) is 5.24. The molecule has 6 N–H and O–H groups in total. The summed E-state index contributed by atoms with van der Waals surface area (Å²) in [5, 5.41) is 14.9. The van der Waals surface area contributed by atoms with Gasteiger partial charge in [0.05, 0.1) is 0 Å². The molecule has 3 aliphatic carbocycles. The minimum Gasteiger partial charge on any atom is -0.339 e. The molecule has 7 nitrogen and oxygen atoms in total. The van der Waals surface area contributed by atoms with Crippen LogP contribution in [0.3, 0.4) is 0 Å². The average Bonchev–Trinajstić information content (AvgIpc) is 2.89. The maximum absolute atomic E-state index is 12.3. The largest absolute Gasteiger partial charge is 0.339 e. The molecule has 3 fully saturated rings. The van der Waals surface area contributed by atoms with E-state index in [4.69, 9.17) is 10.9 Å². The van der Waals surface area contributed by atoms with Crippen molar-refractivity contribution in [3.8, 4) is 11.8 Å². The van der Waals surface area contributed by atoms with Gasteiger partial charge in [0.2, 0.25) is 0 Å². The summed E-state index contributed by atoms with van der Waals surface area (Å²) >= 11 is 0. The number of nitrogens with two attached hydrogens (primary N) is 1. The quantitative estimate of drug-likeness (QED) is 0.240. The lowest BCUT2D eigenvalue weighted by molar-refractivity contribution is -0.130. The fraction of sp³-hybridized carbons (Fsp3) is 0.429. The molecular formula is C28H34N4O3. The third-order valence-corrected chi connectivity index (χ3v) is 7.83. The van der Waals surface area contributed by atoms with E-state index in [9.17, 15) is 9.59 Å². The van der Waals surface area contributed by atoms with E-state index >= 15 is 0 Å². The van der Waals surface area contributed by atoms with Crippen molar-refractivity contribution >= 4 is 11.8 Å². The normalized spacial score (nSPS) is 22.7. The summed E-state index contributed by atoms with van der Waals surface area (Å²) in [6, 6.07) is 14.7. The van der Waals surface area contributed by atoms with Gasteiger partial charge in [-0.3, -0.25) is 14.8 Å². The van der Waals surface area contributed by atoms with Crippen LogP contribution in [0.4, 0.5) is 0 Å². The van der Waals surface area contributed by atoms with Crippen molar-refractivity contribution in [2.45, 2.75) is 51.7 Å². The van der Waals surface area contributed by atoms with Gasteiger partial charge in [0.15, 0.2) is 0 Å². The SMILES string of the molecule is CC1(C)C2CC(NCc3ccc(C#Cc4ccc(C(=O)N[C@@H](CN)C(=O)NO)cc4)cc3)C[C@H]1C2. The van der Waals surface area contributed by atoms with Crippen LogP contribution in [0.1, 0.15) is 60.2 Å². The van der Waals surface area contributed by atoms with E-state index in [1.807, 2.05) is 12.1 Å². The summed E-state index contributed by atoms with van der Waals surface area (Å²) in [7, 11) is 0. The van der Waals surface area contributed by atoms with Crippen molar-refractivity contribution in [3.63, 3.8) is 0 Å². The average molecular weight is 475 g/mol. The molecule has 0 radical (unpaired) electrons. The molecule has 5 rings (SSSR count). The van der Waals surface area contributed by atoms with E-state index in [0.717, 1.165) is 29.5 Å². The first-order valence-corrected chi connectivity index (χ1v) is 12.2. The number of hydrogen-bond acceptors (Lipinski definition) is 5. The van der Waals surface area contributed by atoms with E-state index < -0.39 is 17.9 Å². The predicted molar refractivity (Wildman–Crippen MR) is 134 cm³/mol. The van der Waals surface area contributed by atoms with Crippen LogP contribution in [-0.2, 0) is 11.3 Å². The van der Waals surface area contributed by atoms with Crippen LogP contribution in [0, 0.1) is 29.1 Å². The number of benzene rings is 2. The van der Waals surface area contributed by atoms with E-state index in [2.05, 4.69) is 48.5 Å². The van der Waals surface area contributed by atoms with Crippen LogP contribution in [-0.4, -0.2) is 35.7 Å². The molecule has 2 aromatic rings. The van der Waals surface area contributed by atoms with Crippen LogP contribution in [0.2, 0.25) is 0 Å². The van der Waals surface area contributed by atoms with Crippen LogP contribution in [0.5, 0.6) is 0 Å². The van der Waals surface area contributed by atoms with Gasteiger partial charge in [-0.1, -0.05) is 37.8 Å². The lowest BCUT2D eigenvalue weighted by Crippen LogP contribution is -2.55. The Morgan fingerprint density at radius 3 is 2.09 bits per heavy atom. The Hall–Kier alpha value is -3.18. The van der Waals surface area contributed by atoms with Crippen molar-refractivity contribution in [1.82, 2.24) is 16.1 Å². The van der Waals surface area contributed by atoms with Gasteiger partial charge in [-0.15, -0.1) is 0 Å². The maximum atomic E-state index is 12.3. The monoisotopic (exact) mass is 474 g/mol. The molecule has 2 aromatic carbocycles. The lowest BCUT2D eigenvalue weighted by atomic mass is 9.48. The summed E-state index contributed by atoms with van der Waals surface area (Å²) in [5.74, 6) is 6.79. The zero-order chi connectivity index (χ0) is 25.0. The molecule has 4 atom stereocenters. The molecule has 0 aliphatic heterocycles. The molecule has 3 saturated carbocycles. The van der Waals surface area contributed by atoms with Gasteiger partial charge in [0, 0.05) is 35.8 Å². The molecule has 0 aromatic heterocycles. The maximum Gasteiger partial charge on any atom is 0.267 e. The van der Waals surface area contributed by atoms with Crippen molar-refractivity contribution in [2.75, 3.05) is 6.54 Å². The van der Waals surface area contributed by atoms with Crippen LogP contribution < -0.4 is 21.8 Å². The number of amides is 2. The molecule has 3 aliphatic rings. The molecule has 2 bridgehead atoms. The standard InChI is InChI=1S/C28H34N4O3/c1-28(2)22-13-23(28)15-24(14-22)30-17-20-7-5-18(6-8-20)3-4-19-9-11-21(12-10-19)26(33)31-25(16-29)27(34)32-35/h5-12,22-25,30,35H,13-17,29H2,1-2H3,(H,31,33)(H,32,34)/t22-,23?,24?,25+/m1/s1. The molecule has 0 spiro atoms. The number of fused-ring (bicyclic) bond motifs is 2. The molecule has 0 saturated heterocycles. The number of carbonyl (C=O) groups is 2. The summed E-state index contributed by atoms with van der Waals surface area (Å²) in [5.41, 5.74) is 10.8. The van der Waals surface area contributed by atoms with Gasteiger partial charge >= 0.3 is 0 Å². The smallest absolute Gasteiger partial charge is 0.267 e. The van der Waals surface area contributed by atoms with Gasteiger partial charge in [0.1, 0.15) is 6.04 Å². The van der Waals surface area contributed by atoms with Gasteiger partial charge < -0.3 is 16.4 Å². The first-order chi connectivity index (χ1) is 16.8. The number of carbonyl (C=O) groups excluding carboxylic acids is 2. The Balaban J connectivity index is 1.27. The van der Waals surface area contributed by atoms with Crippen molar-refractivity contribution in [2.24, 2.45) is 23.0 Å². The van der Waals surface area contributed by atoms with Gasteiger partial charge in [-0.2, -0.15) is 0 Å². The second-order valence-corrected chi connectivity index (χ2v) is 10.3. The Bertz CT molecular complexity index is 1100. The topological polar surface area (TPSA) is 116 Å². The molecule has 2 amide bonds. The molecular weight excluding hydrogens is 440 g/mol.